The number of nitrogens with zero attached hydrogens (tertiary/aromatic N) is 3. The van der Waals surface area contributed by atoms with Crippen LogP contribution in [0.25, 0.3) is 10.8 Å². The van der Waals surface area contributed by atoms with Crippen LogP contribution in [0.15, 0.2) is 30.5 Å². The van der Waals surface area contributed by atoms with Crippen LogP contribution in [-0.2, 0) is 0 Å². The molecule has 0 N–H and O–H groups in total. The first-order valence-corrected chi connectivity index (χ1v) is 6.32. The fraction of sp³-hybridized carbons (Fsp3) is 0.429. The van der Waals surface area contributed by atoms with Crippen molar-refractivity contribution in [3.05, 3.63) is 30.5 Å². The van der Waals surface area contributed by atoms with Crippen molar-refractivity contribution in [1.29, 1.82) is 0 Å². The third-order valence-corrected chi connectivity index (χ3v) is 2.84. The average molecular weight is 229 g/mol. The minimum atomic E-state index is 1.02. The van der Waals surface area contributed by atoms with Crippen molar-refractivity contribution < 1.29 is 0 Å². The highest BCUT2D eigenvalue weighted by atomic mass is 15.3. The molecule has 0 aliphatic heterocycles. The Labute approximate surface area is 102 Å². The largest absolute Gasteiger partial charge is 0.355 e. The van der Waals surface area contributed by atoms with Gasteiger partial charge in [0.25, 0.3) is 0 Å². The van der Waals surface area contributed by atoms with Crippen LogP contribution < -0.4 is 4.90 Å². The molecule has 0 spiro atoms. The molecule has 17 heavy (non-hydrogen) atoms. The third kappa shape index (κ3) is 2.54. The summed E-state index contributed by atoms with van der Waals surface area (Å²) in [6.45, 7) is 6.47. The van der Waals surface area contributed by atoms with Gasteiger partial charge in [-0.15, -0.1) is 5.10 Å². The standard InChI is InChI=1S/C14H19N3/c1-3-9-17(10-4-2)14-13-8-6-5-7-12(13)11-15-16-14/h5-8,11H,3-4,9-10H2,1-2H3. The maximum absolute atomic E-state index is 4.32. The molecule has 0 bridgehead atoms. The molecule has 0 unspecified atom stereocenters. The third-order valence-electron chi connectivity index (χ3n) is 2.84. The Morgan fingerprint density at radius 1 is 1.06 bits per heavy atom. The molecule has 90 valence electrons. The molecule has 0 aliphatic carbocycles. The zero-order valence-electron chi connectivity index (χ0n) is 10.6. The van der Waals surface area contributed by atoms with Crippen molar-refractivity contribution in [2.45, 2.75) is 26.7 Å². The van der Waals surface area contributed by atoms with Crippen molar-refractivity contribution in [1.82, 2.24) is 10.2 Å². The first-order chi connectivity index (χ1) is 8.36. The van der Waals surface area contributed by atoms with E-state index in [9.17, 15) is 0 Å². The van der Waals surface area contributed by atoms with E-state index in [2.05, 4.69) is 47.1 Å². The summed E-state index contributed by atoms with van der Waals surface area (Å²) in [5.74, 6) is 1.02. The van der Waals surface area contributed by atoms with Gasteiger partial charge in [-0.2, -0.15) is 5.10 Å². The van der Waals surface area contributed by atoms with Gasteiger partial charge in [0.15, 0.2) is 5.82 Å². The van der Waals surface area contributed by atoms with E-state index in [0.717, 1.165) is 37.1 Å². The number of benzene rings is 1. The van der Waals surface area contributed by atoms with Crippen LogP contribution in [0.4, 0.5) is 5.82 Å². The zero-order chi connectivity index (χ0) is 12.1. The molecule has 0 saturated carbocycles. The first-order valence-electron chi connectivity index (χ1n) is 6.32. The number of fused-ring (bicyclic) bond motifs is 1. The molecule has 3 nitrogen and oxygen atoms in total. The first kappa shape index (κ1) is 11.8. The van der Waals surface area contributed by atoms with Gasteiger partial charge in [-0.3, -0.25) is 0 Å². The summed E-state index contributed by atoms with van der Waals surface area (Å²) in [4.78, 5) is 2.33. The second-order valence-electron chi connectivity index (χ2n) is 4.24. The van der Waals surface area contributed by atoms with E-state index in [0.29, 0.717) is 0 Å². The number of rotatable bonds is 5. The Morgan fingerprint density at radius 3 is 2.47 bits per heavy atom. The summed E-state index contributed by atoms with van der Waals surface area (Å²) in [5.41, 5.74) is 0. The lowest BCUT2D eigenvalue weighted by molar-refractivity contribution is 0.730. The highest BCUT2D eigenvalue weighted by Gasteiger charge is 2.10. The lowest BCUT2D eigenvalue weighted by Crippen LogP contribution is -2.26. The molecule has 0 aliphatic rings. The fourth-order valence-electron chi connectivity index (χ4n) is 2.11. The quantitative estimate of drug-likeness (QED) is 0.788. The minimum Gasteiger partial charge on any atom is -0.355 e. The Balaban J connectivity index is 2.44. The number of aromatic nitrogens is 2. The van der Waals surface area contributed by atoms with Gasteiger partial charge in [0.05, 0.1) is 6.20 Å². The average Bonchev–Trinajstić information content (AvgIpc) is 2.38. The molecule has 1 aromatic carbocycles. The van der Waals surface area contributed by atoms with Crippen molar-refractivity contribution in [3.63, 3.8) is 0 Å². The van der Waals surface area contributed by atoms with E-state index in [1.54, 1.807) is 0 Å². The highest BCUT2D eigenvalue weighted by Crippen LogP contribution is 2.23. The zero-order valence-corrected chi connectivity index (χ0v) is 10.6. The summed E-state index contributed by atoms with van der Waals surface area (Å²) >= 11 is 0. The lowest BCUT2D eigenvalue weighted by atomic mass is 10.2. The summed E-state index contributed by atoms with van der Waals surface area (Å²) < 4.78 is 0. The number of hydrogen-bond acceptors (Lipinski definition) is 3. The van der Waals surface area contributed by atoms with Gasteiger partial charge in [0, 0.05) is 23.9 Å². The van der Waals surface area contributed by atoms with E-state index in [4.69, 9.17) is 0 Å². The minimum absolute atomic E-state index is 1.02. The van der Waals surface area contributed by atoms with E-state index < -0.39 is 0 Å². The van der Waals surface area contributed by atoms with Gasteiger partial charge in [-0.05, 0) is 12.8 Å². The molecule has 2 aromatic rings. The normalized spacial score (nSPS) is 10.7. The van der Waals surface area contributed by atoms with E-state index >= 15 is 0 Å². The summed E-state index contributed by atoms with van der Waals surface area (Å²) in [7, 11) is 0. The van der Waals surface area contributed by atoms with Crippen LogP contribution >= 0.6 is 0 Å². The Morgan fingerprint density at radius 2 is 1.76 bits per heavy atom. The molecular formula is C14H19N3. The molecule has 3 heteroatoms. The molecular weight excluding hydrogens is 210 g/mol. The second-order valence-corrected chi connectivity index (χ2v) is 4.24. The summed E-state index contributed by atoms with van der Waals surface area (Å²) in [6.07, 6.45) is 4.09. The van der Waals surface area contributed by atoms with Crippen LogP contribution in [0.2, 0.25) is 0 Å². The molecule has 1 aromatic heterocycles. The topological polar surface area (TPSA) is 29.0 Å². The molecule has 1 heterocycles. The molecule has 0 fully saturated rings. The second kappa shape index (κ2) is 5.62. The van der Waals surface area contributed by atoms with E-state index in [-0.39, 0.29) is 0 Å². The summed E-state index contributed by atoms with van der Waals surface area (Å²) in [6, 6.07) is 8.31. The van der Waals surface area contributed by atoms with Crippen molar-refractivity contribution >= 4 is 16.6 Å². The van der Waals surface area contributed by atoms with Crippen LogP contribution in [-0.4, -0.2) is 23.3 Å². The van der Waals surface area contributed by atoms with Crippen molar-refractivity contribution in [2.24, 2.45) is 0 Å². The van der Waals surface area contributed by atoms with Gasteiger partial charge < -0.3 is 4.90 Å². The highest BCUT2D eigenvalue weighted by molar-refractivity contribution is 5.91. The van der Waals surface area contributed by atoms with Crippen LogP contribution in [0.1, 0.15) is 26.7 Å². The van der Waals surface area contributed by atoms with E-state index in [1.165, 1.54) is 5.39 Å². The van der Waals surface area contributed by atoms with Crippen LogP contribution in [0.3, 0.4) is 0 Å². The molecule has 0 radical (unpaired) electrons. The maximum Gasteiger partial charge on any atom is 0.159 e. The number of anilines is 1. The van der Waals surface area contributed by atoms with Gasteiger partial charge >= 0.3 is 0 Å². The smallest absolute Gasteiger partial charge is 0.159 e. The molecule has 2 rings (SSSR count). The van der Waals surface area contributed by atoms with Crippen LogP contribution in [0.5, 0.6) is 0 Å². The lowest BCUT2D eigenvalue weighted by Gasteiger charge is -2.23. The van der Waals surface area contributed by atoms with Gasteiger partial charge in [0.2, 0.25) is 0 Å². The number of hydrogen-bond donors (Lipinski definition) is 0. The van der Waals surface area contributed by atoms with Crippen molar-refractivity contribution in [2.75, 3.05) is 18.0 Å². The Hall–Kier alpha value is -1.64. The molecule has 0 atom stereocenters. The van der Waals surface area contributed by atoms with Gasteiger partial charge in [-0.25, -0.2) is 0 Å². The van der Waals surface area contributed by atoms with Crippen molar-refractivity contribution in [3.8, 4) is 0 Å². The SMILES string of the molecule is CCCN(CCC)c1nncc2ccccc12. The maximum atomic E-state index is 4.32. The fourth-order valence-corrected chi connectivity index (χ4v) is 2.11. The van der Waals surface area contributed by atoms with E-state index in [1.807, 2.05) is 12.3 Å². The molecule has 0 amide bonds. The summed E-state index contributed by atoms with van der Waals surface area (Å²) in [5, 5.41) is 10.8. The predicted octanol–water partition coefficient (Wildman–Crippen LogP) is 3.26. The van der Waals surface area contributed by atoms with Gasteiger partial charge in [-0.1, -0.05) is 38.1 Å². The Kier molecular flexibility index (Phi) is 3.91. The Bertz CT molecular complexity index is 470. The molecule has 0 saturated heterocycles. The monoisotopic (exact) mass is 229 g/mol. The van der Waals surface area contributed by atoms with Gasteiger partial charge in [0.1, 0.15) is 0 Å². The van der Waals surface area contributed by atoms with Crippen LogP contribution in [0, 0.1) is 0 Å². The predicted molar refractivity (Wildman–Crippen MR) is 72.3 cm³/mol.